The summed E-state index contributed by atoms with van der Waals surface area (Å²) in [6.07, 6.45) is -4.50. The van der Waals surface area contributed by atoms with Gasteiger partial charge >= 0.3 is 6.18 Å². The molecule has 0 saturated heterocycles. The Morgan fingerprint density at radius 3 is 2.48 bits per heavy atom. The van der Waals surface area contributed by atoms with E-state index in [1.54, 1.807) is 25.1 Å². The lowest BCUT2D eigenvalue weighted by Crippen LogP contribution is -2.09. The first-order valence-corrected chi connectivity index (χ1v) is 6.61. The molecule has 110 valence electrons. The molecule has 0 spiro atoms. The van der Waals surface area contributed by atoms with Crippen LogP contribution in [0, 0.1) is 6.92 Å². The maximum atomic E-state index is 12.6. The van der Waals surface area contributed by atoms with Crippen LogP contribution in [0.5, 0.6) is 0 Å². The monoisotopic (exact) mass is 312 g/mol. The van der Waals surface area contributed by atoms with Crippen LogP contribution in [-0.2, 0) is 12.6 Å². The minimum Gasteiger partial charge on any atom is -0.294 e. The average Bonchev–Trinajstić information content (AvgIpc) is 2.41. The van der Waals surface area contributed by atoms with Gasteiger partial charge in [0.1, 0.15) is 0 Å². The molecular weight excluding hydrogens is 301 g/mol. The highest BCUT2D eigenvalue weighted by molar-refractivity contribution is 6.31. The van der Waals surface area contributed by atoms with E-state index in [0.717, 1.165) is 12.1 Å². The fourth-order valence-electron chi connectivity index (χ4n) is 2.05. The van der Waals surface area contributed by atoms with E-state index >= 15 is 0 Å². The van der Waals surface area contributed by atoms with Crippen LogP contribution in [0.25, 0.3) is 0 Å². The Morgan fingerprint density at radius 1 is 1.14 bits per heavy atom. The van der Waals surface area contributed by atoms with E-state index in [9.17, 15) is 18.0 Å². The van der Waals surface area contributed by atoms with Crippen molar-refractivity contribution in [1.82, 2.24) is 0 Å². The van der Waals surface area contributed by atoms with Crippen molar-refractivity contribution in [1.29, 1.82) is 0 Å². The number of ketones is 1. The first-order valence-electron chi connectivity index (χ1n) is 6.23. The number of hydrogen-bond donors (Lipinski definition) is 0. The van der Waals surface area contributed by atoms with E-state index in [1.165, 1.54) is 12.1 Å². The third-order valence-corrected chi connectivity index (χ3v) is 3.60. The Bertz CT molecular complexity index is 677. The lowest BCUT2D eigenvalue weighted by atomic mass is 9.98. The molecule has 0 saturated carbocycles. The molecule has 0 atom stereocenters. The summed E-state index contributed by atoms with van der Waals surface area (Å²) in [6.45, 7) is 1.71. The van der Waals surface area contributed by atoms with Crippen molar-refractivity contribution in [2.75, 3.05) is 0 Å². The second kappa shape index (κ2) is 5.90. The van der Waals surface area contributed by atoms with Gasteiger partial charge in [-0.25, -0.2) is 0 Å². The van der Waals surface area contributed by atoms with E-state index < -0.39 is 11.7 Å². The van der Waals surface area contributed by atoms with Gasteiger partial charge in [0.25, 0.3) is 0 Å². The first kappa shape index (κ1) is 15.6. The third-order valence-electron chi connectivity index (χ3n) is 3.19. The van der Waals surface area contributed by atoms with Crippen molar-refractivity contribution >= 4 is 17.4 Å². The summed E-state index contributed by atoms with van der Waals surface area (Å²) in [4.78, 5) is 12.2. The molecule has 0 aliphatic carbocycles. The quantitative estimate of drug-likeness (QED) is 0.721. The number of hydrogen-bond acceptors (Lipinski definition) is 1. The number of rotatable bonds is 3. The fraction of sp³-hybridized carbons (Fsp3) is 0.188. The maximum absolute atomic E-state index is 12.6. The average molecular weight is 313 g/mol. The Morgan fingerprint density at radius 2 is 1.81 bits per heavy atom. The summed E-state index contributed by atoms with van der Waals surface area (Å²) >= 11 is 5.94. The number of benzene rings is 2. The van der Waals surface area contributed by atoms with Crippen LogP contribution in [0.3, 0.4) is 0 Å². The van der Waals surface area contributed by atoms with Gasteiger partial charge in [-0.2, -0.15) is 13.2 Å². The van der Waals surface area contributed by atoms with Crippen LogP contribution in [0.4, 0.5) is 13.2 Å². The van der Waals surface area contributed by atoms with Crippen LogP contribution in [0.15, 0.2) is 42.5 Å². The van der Waals surface area contributed by atoms with Gasteiger partial charge in [-0.3, -0.25) is 4.79 Å². The van der Waals surface area contributed by atoms with E-state index in [-0.39, 0.29) is 12.2 Å². The Hall–Kier alpha value is -1.81. The van der Waals surface area contributed by atoms with Gasteiger partial charge in [0.2, 0.25) is 0 Å². The Kier molecular flexibility index (Phi) is 4.37. The normalized spacial score (nSPS) is 11.5. The molecule has 0 bridgehead atoms. The topological polar surface area (TPSA) is 17.1 Å². The van der Waals surface area contributed by atoms with E-state index in [2.05, 4.69) is 0 Å². The molecule has 0 fully saturated rings. The summed E-state index contributed by atoms with van der Waals surface area (Å²) in [7, 11) is 0. The molecule has 2 rings (SSSR count). The maximum Gasteiger partial charge on any atom is 0.416 e. The minimum atomic E-state index is -4.41. The largest absolute Gasteiger partial charge is 0.416 e. The third kappa shape index (κ3) is 3.64. The second-order valence-corrected chi connectivity index (χ2v) is 5.12. The van der Waals surface area contributed by atoms with Crippen molar-refractivity contribution in [3.63, 3.8) is 0 Å². The van der Waals surface area contributed by atoms with E-state index in [0.29, 0.717) is 21.7 Å². The second-order valence-electron chi connectivity index (χ2n) is 4.71. The van der Waals surface area contributed by atoms with Crippen LogP contribution in [-0.4, -0.2) is 5.78 Å². The molecule has 0 aliphatic heterocycles. The summed E-state index contributed by atoms with van der Waals surface area (Å²) in [5, 5.41) is 0.463. The summed E-state index contributed by atoms with van der Waals surface area (Å²) < 4.78 is 37.9. The van der Waals surface area contributed by atoms with Gasteiger partial charge in [-0.15, -0.1) is 0 Å². The highest BCUT2D eigenvalue weighted by Crippen LogP contribution is 2.30. The lowest BCUT2D eigenvalue weighted by Gasteiger charge is -2.09. The predicted molar refractivity (Wildman–Crippen MR) is 75.7 cm³/mol. The molecule has 21 heavy (non-hydrogen) atoms. The SMILES string of the molecule is Cc1c(Cl)cccc1C(=O)Cc1cccc(C(F)(F)F)c1. The molecule has 0 aromatic heterocycles. The fourth-order valence-corrected chi connectivity index (χ4v) is 2.22. The summed E-state index contributed by atoms with van der Waals surface area (Å²) in [5.41, 5.74) is 0.640. The molecule has 0 N–H and O–H groups in total. The van der Waals surface area contributed by atoms with Gasteiger partial charge < -0.3 is 0 Å². The van der Waals surface area contributed by atoms with Crippen molar-refractivity contribution in [3.05, 3.63) is 69.7 Å². The first-order chi connectivity index (χ1) is 9.79. The van der Waals surface area contributed by atoms with Crippen LogP contribution >= 0.6 is 11.6 Å². The van der Waals surface area contributed by atoms with Gasteiger partial charge in [-0.05, 0) is 30.2 Å². The zero-order valence-electron chi connectivity index (χ0n) is 11.2. The minimum absolute atomic E-state index is 0.0922. The number of carbonyl (C=O) groups is 1. The molecule has 0 aliphatic rings. The highest BCUT2D eigenvalue weighted by Gasteiger charge is 2.30. The molecule has 0 amide bonds. The number of halogens is 4. The Labute approximate surface area is 125 Å². The van der Waals surface area contributed by atoms with Crippen molar-refractivity contribution in [2.45, 2.75) is 19.5 Å². The van der Waals surface area contributed by atoms with Crippen molar-refractivity contribution in [3.8, 4) is 0 Å². The van der Waals surface area contributed by atoms with Crippen molar-refractivity contribution in [2.24, 2.45) is 0 Å². The molecule has 0 unspecified atom stereocenters. The smallest absolute Gasteiger partial charge is 0.294 e. The van der Waals surface area contributed by atoms with E-state index in [1.807, 2.05) is 0 Å². The summed E-state index contributed by atoms with van der Waals surface area (Å²) in [6, 6.07) is 9.73. The molecular formula is C16H12ClF3O. The highest BCUT2D eigenvalue weighted by atomic mass is 35.5. The standard InChI is InChI=1S/C16H12ClF3O/c1-10-13(6-3-7-14(10)17)15(21)9-11-4-2-5-12(8-11)16(18,19)20/h2-8H,9H2,1H3. The predicted octanol–water partition coefficient (Wildman–Crippen LogP) is 5.09. The summed E-state index contributed by atoms with van der Waals surface area (Å²) in [5.74, 6) is -0.255. The molecule has 0 radical (unpaired) electrons. The molecule has 5 heteroatoms. The lowest BCUT2D eigenvalue weighted by molar-refractivity contribution is -0.137. The molecule has 0 heterocycles. The van der Waals surface area contributed by atoms with Crippen LogP contribution < -0.4 is 0 Å². The van der Waals surface area contributed by atoms with Gasteiger partial charge in [-0.1, -0.05) is 41.9 Å². The molecule has 2 aromatic carbocycles. The van der Waals surface area contributed by atoms with E-state index in [4.69, 9.17) is 11.6 Å². The number of carbonyl (C=O) groups excluding carboxylic acids is 1. The van der Waals surface area contributed by atoms with Crippen LogP contribution in [0.2, 0.25) is 5.02 Å². The molecule has 1 nitrogen and oxygen atoms in total. The number of Topliss-reactive ketones (excluding diaryl/α,β-unsaturated/α-hetero) is 1. The zero-order chi connectivity index (χ0) is 15.6. The van der Waals surface area contributed by atoms with Gasteiger partial charge in [0, 0.05) is 17.0 Å². The number of alkyl halides is 3. The molecule has 2 aromatic rings. The van der Waals surface area contributed by atoms with Gasteiger partial charge in [0.05, 0.1) is 5.56 Å². The van der Waals surface area contributed by atoms with Gasteiger partial charge in [0.15, 0.2) is 5.78 Å². The Balaban J connectivity index is 2.26. The van der Waals surface area contributed by atoms with Crippen molar-refractivity contribution < 1.29 is 18.0 Å². The van der Waals surface area contributed by atoms with Crippen LogP contribution in [0.1, 0.15) is 27.0 Å². The zero-order valence-corrected chi connectivity index (χ0v) is 11.9.